The lowest BCUT2D eigenvalue weighted by Crippen LogP contribution is -2.28. The average molecular weight is 545 g/mol. The maximum absolute atomic E-state index is 12.7. The van der Waals surface area contributed by atoms with Crippen molar-refractivity contribution in [2.45, 2.75) is 27.7 Å². The maximum atomic E-state index is 12.7. The van der Waals surface area contributed by atoms with E-state index in [-0.39, 0.29) is 24.3 Å². The molecule has 0 saturated heterocycles. The first-order valence-electron chi connectivity index (χ1n) is 13.4. The molecule has 0 aliphatic carbocycles. The van der Waals surface area contributed by atoms with Gasteiger partial charge in [-0.05, 0) is 93.4 Å². The lowest BCUT2D eigenvalue weighted by Gasteiger charge is -2.23. The van der Waals surface area contributed by atoms with Gasteiger partial charge in [-0.25, -0.2) is 9.59 Å². The molecule has 0 spiro atoms. The Morgan fingerprint density at radius 2 is 1.10 bits per heavy atom. The third-order valence-corrected chi connectivity index (χ3v) is 6.78. The number of nitrogens with zero attached hydrogens (tertiary/aromatic N) is 2. The van der Waals surface area contributed by atoms with Crippen molar-refractivity contribution < 1.29 is 28.7 Å². The fourth-order valence-electron chi connectivity index (χ4n) is 4.35. The number of carbonyl (C=O) groups is 4. The molecule has 0 unspecified atom stereocenters. The Hall–Kier alpha value is -4.46. The highest BCUT2D eigenvalue weighted by Crippen LogP contribution is 2.20. The van der Waals surface area contributed by atoms with Crippen molar-refractivity contribution in [3.05, 3.63) is 94.0 Å². The third-order valence-electron chi connectivity index (χ3n) is 6.78. The number of carbonyl (C=O) groups excluding carboxylic acids is 4. The number of aryl methyl sites for hydroxylation is 2. The van der Waals surface area contributed by atoms with E-state index in [1.54, 1.807) is 30.3 Å². The van der Waals surface area contributed by atoms with Crippen molar-refractivity contribution in [2.75, 3.05) is 49.2 Å². The Labute approximate surface area is 235 Å². The van der Waals surface area contributed by atoms with Crippen LogP contribution in [0.1, 0.15) is 66.4 Å². The van der Waals surface area contributed by atoms with E-state index in [0.29, 0.717) is 37.3 Å². The fraction of sp³-hybridized carbons (Fsp3) is 0.312. The van der Waals surface area contributed by atoms with Gasteiger partial charge >= 0.3 is 11.9 Å². The lowest BCUT2D eigenvalue weighted by molar-refractivity contribution is 0.0513. The van der Waals surface area contributed by atoms with E-state index in [2.05, 4.69) is 9.80 Å². The molecule has 0 saturated carbocycles. The molecular formula is C32H36N2O6. The van der Waals surface area contributed by atoms with Gasteiger partial charge < -0.3 is 19.3 Å². The summed E-state index contributed by atoms with van der Waals surface area (Å²) < 4.78 is 11.0. The summed E-state index contributed by atoms with van der Waals surface area (Å²) >= 11 is 0. The monoisotopic (exact) mass is 544 g/mol. The van der Waals surface area contributed by atoms with Gasteiger partial charge in [0, 0.05) is 35.6 Å². The van der Waals surface area contributed by atoms with Gasteiger partial charge in [0.1, 0.15) is 25.8 Å². The van der Waals surface area contributed by atoms with Gasteiger partial charge in [0.25, 0.3) is 0 Å². The van der Waals surface area contributed by atoms with Gasteiger partial charge in [-0.15, -0.1) is 0 Å². The molecule has 210 valence electrons. The minimum absolute atomic E-state index is 0.163. The first-order chi connectivity index (χ1) is 19.3. The summed E-state index contributed by atoms with van der Waals surface area (Å²) in [6, 6.07) is 17.5. The van der Waals surface area contributed by atoms with Crippen molar-refractivity contribution in [3.8, 4) is 0 Å². The van der Waals surface area contributed by atoms with Gasteiger partial charge in [0.05, 0.1) is 24.2 Å². The molecule has 0 aromatic heterocycles. The Kier molecular flexibility index (Phi) is 11.0. The highest BCUT2D eigenvalue weighted by atomic mass is 16.5. The van der Waals surface area contributed by atoms with E-state index in [1.165, 1.54) is 6.07 Å². The van der Waals surface area contributed by atoms with Crippen molar-refractivity contribution in [3.63, 3.8) is 0 Å². The second-order valence-electron chi connectivity index (χ2n) is 9.33. The molecule has 8 nitrogen and oxygen atoms in total. The molecule has 0 bridgehead atoms. The van der Waals surface area contributed by atoms with Crippen molar-refractivity contribution in [1.82, 2.24) is 0 Å². The summed E-state index contributed by atoms with van der Waals surface area (Å²) in [6.45, 7) is 10.5. The van der Waals surface area contributed by atoms with Crippen LogP contribution in [0.2, 0.25) is 0 Å². The molecule has 0 radical (unpaired) electrons. The molecule has 0 N–H and O–H groups in total. The highest BCUT2D eigenvalue weighted by Gasteiger charge is 2.15. The van der Waals surface area contributed by atoms with Crippen LogP contribution in [0.5, 0.6) is 0 Å². The quantitative estimate of drug-likeness (QED) is 0.200. The second kappa shape index (κ2) is 14.6. The van der Waals surface area contributed by atoms with Crippen LogP contribution < -0.4 is 9.80 Å². The minimum atomic E-state index is -0.524. The smallest absolute Gasteiger partial charge is 0.338 e. The van der Waals surface area contributed by atoms with E-state index in [0.717, 1.165) is 35.1 Å². The summed E-state index contributed by atoms with van der Waals surface area (Å²) in [4.78, 5) is 51.6. The number of esters is 2. The van der Waals surface area contributed by atoms with Gasteiger partial charge in [-0.3, -0.25) is 9.59 Å². The van der Waals surface area contributed by atoms with Gasteiger partial charge in [-0.1, -0.05) is 6.07 Å². The predicted molar refractivity (Wildman–Crippen MR) is 156 cm³/mol. The summed E-state index contributed by atoms with van der Waals surface area (Å²) in [5.74, 6) is -1.05. The van der Waals surface area contributed by atoms with Crippen LogP contribution in [-0.4, -0.2) is 63.9 Å². The SMILES string of the molecule is CCN(CCOC(=O)c1cccc(C(=O)OCCN(CC)c2ccc(C=O)c(C)c2)c1)c1ccc(C=O)c(C)c1. The largest absolute Gasteiger partial charge is 0.460 e. The van der Waals surface area contributed by atoms with Crippen LogP contribution in [0.4, 0.5) is 11.4 Å². The minimum Gasteiger partial charge on any atom is -0.460 e. The maximum Gasteiger partial charge on any atom is 0.338 e. The number of anilines is 2. The lowest BCUT2D eigenvalue weighted by atomic mass is 10.1. The fourth-order valence-corrected chi connectivity index (χ4v) is 4.35. The molecule has 3 rings (SSSR count). The molecule has 0 atom stereocenters. The third kappa shape index (κ3) is 7.79. The van der Waals surface area contributed by atoms with Crippen LogP contribution in [0, 0.1) is 13.8 Å². The van der Waals surface area contributed by atoms with Crippen LogP contribution in [0.15, 0.2) is 60.7 Å². The Balaban J connectivity index is 1.52. The first-order valence-corrected chi connectivity index (χ1v) is 13.4. The summed E-state index contributed by atoms with van der Waals surface area (Å²) in [6.07, 6.45) is 1.66. The number of rotatable bonds is 14. The van der Waals surface area contributed by atoms with Crippen molar-refractivity contribution >= 4 is 35.9 Å². The number of likely N-dealkylation sites (N-methyl/N-ethyl adjacent to an activating group) is 2. The Morgan fingerprint density at radius 3 is 1.45 bits per heavy atom. The van der Waals surface area contributed by atoms with Crippen LogP contribution in [-0.2, 0) is 9.47 Å². The number of hydrogen-bond acceptors (Lipinski definition) is 8. The number of benzene rings is 3. The number of ether oxygens (including phenoxy) is 2. The van der Waals surface area contributed by atoms with Crippen LogP contribution in [0.25, 0.3) is 0 Å². The zero-order chi connectivity index (χ0) is 29.1. The Morgan fingerprint density at radius 1 is 0.675 bits per heavy atom. The average Bonchev–Trinajstić information content (AvgIpc) is 2.97. The molecule has 40 heavy (non-hydrogen) atoms. The molecule has 8 heteroatoms. The van der Waals surface area contributed by atoms with E-state index >= 15 is 0 Å². The summed E-state index contributed by atoms with van der Waals surface area (Å²) in [5.41, 5.74) is 5.49. The van der Waals surface area contributed by atoms with Crippen LogP contribution in [0.3, 0.4) is 0 Å². The molecule has 3 aromatic carbocycles. The van der Waals surface area contributed by atoms with Gasteiger partial charge in [0.2, 0.25) is 0 Å². The molecule has 0 aliphatic rings. The van der Waals surface area contributed by atoms with E-state index in [4.69, 9.17) is 9.47 Å². The van der Waals surface area contributed by atoms with Gasteiger partial charge in [-0.2, -0.15) is 0 Å². The molecule has 3 aromatic rings. The molecule has 0 aliphatic heterocycles. The van der Waals surface area contributed by atoms with E-state index in [9.17, 15) is 19.2 Å². The zero-order valence-electron chi connectivity index (χ0n) is 23.5. The summed E-state index contributed by atoms with van der Waals surface area (Å²) in [7, 11) is 0. The topological polar surface area (TPSA) is 93.2 Å². The number of hydrogen-bond donors (Lipinski definition) is 0. The zero-order valence-corrected chi connectivity index (χ0v) is 23.5. The molecule has 0 heterocycles. The highest BCUT2D eigenvalue weighted by molar-refractivity contribution is 5.95. The number of aldehydes is 2. The Bertz CT molecular complexity index is 1250. The normalized spacial score (nSPS) is 10.5. The predicted octanol–water partition coefficient (Wildman–Crippen LogP) is 5.30. The molecule has 0 amide bonds. The summed E-state index contributed by atoms with van der Waals surface area (Å²) in [5, 5.41) is 0. The second-order valence-corrected chi connectivity index (χ2v) is 9.33. The molecular weight excluding hydrogens is 508 g/mol. The van der Waals surface area contributed by atoms with E-state index < -0.39 is 11.9 Å². The van der Waals surface area contributed by atoms with Crippen molar-refractivity contribution in [1.29, 1.82) is 0 Å². The first kappa shape index (κ1) is 30.1. The molecule has 0 fully saturated rings. The standard InChI is InChI=1S/C32H36N2O6/c1-5-33(29-12-10-27(21-35)23(3)18-29)14-16-39-31(37)25-8-7-9-26(20-25)32(38)40-17-15-34(6-2)30-13-11-28(22-36)24(4)19-30/h7-13,18-22H,5-6,14-17H2,1-4H3. The van der Waals surface area contributed by atoms with Gasteiger partial charge in [0.15, 0.2) is 0 Å². The van der Waals surface area contributed by atoms with Crippen LogP contribution >= 0.6 is 0 Å². The van der Waals surface area contributed by atoms with E-state index in [1.807, 2.05) is 52.0 Å². The van der Waals surface area contributed by atoms with Crippen molar-refractivity contribution in [2.24, 2.45) is 0 Å².